The topological polar surface area (TPSA) is 45.9 Å². The van der Waals surface area contributed by atoms with Crippen molar-refractivity contribution < 1.29 is 14.2 Å². The zero-order valence-electron chi connectivity index (χ0n) is 15.6. The van der Waals surface area contributed by atoms with Crippen LogP contribution >= 0.6 is 11.6 Å². The summed E-state index contributed by atoms with van der Waals surface area (Å²) in [6.45, 7) is 7.20. The molecule has 0 unspecified atom stereocenters. The molecule has 0 atom stereocenters. The molecule has 27 heavy (non-hydrogen) atoms. The Hall–Kier alpha value is -1.56. The summed E-state index contributed by atoms with van der Waals surface area (Å²) in [4.78, 5) is 0. The standard InChI is InChI=1S/C21H26ClFN2O2/c1-14(24-11-15-5-7-20(2,23)8-6-15)16-10-18(21(26)12-27-13-21)25-9-3-4-17(22)19(16)25/h3-4,9-10,15,24,26H,1,5-8,11-13H2,2H3. The number of nitrogens with one attached hydrogen (secondary N) is 1. The number of aliphatic hydroxyl groups is 1. The minimum Gasteiger partial charge on any atom is -0.385 e. The van der Waals surface area contributed by atoms with Gasteiger partial charge in [-0.3, -0.25) is 0 Å². The molecule has 1 saturated heterocycles. The summed E-state index contributed by atoms with van der Waals surface area (Å²) in [5.74, 6) is 0.443. The van der Waals surface area contributed by atoms with Crippen molar-refractivity contribution in [1.82, 2.24) is 9.72 Å². The molecule has 0 aromatic carbocycles. The van der Waals surface area contributed by atoms with Crippen LogP contribution in [0.3, 0.4) is 0 Å². The number of alkyl halides is 1. The van der Waals surface area contributed by atoms with Crippen LogP contribution in [0.15, 0.2) is 31.0 Å². The Morgan fingerprint density at radius 3 is 2.78 bits per heavy atom. The first-order valence-electron chi connectivity index (χ1n) is 9.51. The highest BCUT2D eigenvalue weighted by Gasteiger charge is 2.41. The van der Waals surface area contributed by atoms with E-state index in [-0.39, 0.29) is 13.2 Å². The Kier molecular flexibility index (Phi) is 4.73. The van der Waals surface area contributed by atoms with Gasteiger partial charge in [0.25, 0.3) is 0 Å². The SMILES string of the molecule is C=C(NCC1CCC(C)(F)CC1)c1cc(C2(O)COC2)n2cccc(Cl)c12. The van der Waals surface area contributed by atoms with E-state index < -0.39 is 11.3 Å². The lowest BCUT2D eigenvalue weighted by Gasteiger charge is -2.36. The van der Waals surface area contributed by atoms with Gasteiger partial charge >= 0.3 is 0 Å². The van der Waals surface area contributed by atoms with Gasteiger partial charge in [-0.25, -0.2) is 4.39 Å². The normalized spacial score (nSPS) is 27.3. The third-order valence-corrected chi connectivity index (χ3v) is 6.28. The summed E-state index contributed by atoms with van der Waals surface area (Å²) < 4.78 is 21.1. The average Bonchev–Trinajstić information content (AvgIpc) is 3.00. The number of halogens is 2. The van der Waals surface area contributed by atoms with E-state index in [1.54, 1.807) is 6.92 Å². The highest BCUT2D eigenvalue weighted by molar-refractivity contribution is 6.34. The highest BCUT2D eigenvalue weighted by Crippen LogP contribution is 2.37. The lowest BCUT2D eigenvalue weighted by Crippen LogP contribution is -2.47. The van der Waals surface area contributed by atoms with E-state index in [9.17, 15) is 9.50 Å². The van der Waals surface area contributed by atoms with Gasteiger partial charge in [-0.2, -0.15) is 0 Å². The molecule has 146 valence electrons. The molecule has 1 aliphatic heterocycles. The predicted molar refractivity (Wildman–Crippen MR) is 106 cm³/mol. The lowest BCUT2D eigenvalue weighted by molar-refractivity contribution is -0.187. The van der Waals surface area contributed by atoms with E-state index in [0.717, 1.165) is 41.9 Å². The molecule has 2 aromatic rings. The van der Waals surface area contributed by atoms with Crippen molar-refractivity contribution in [3.8, 4) is 0 Å². The van der Waals surface area contributed by atoms with Crippen LogP contribution in [0, 0.1) is 5.92 Å². The zero-order valence-corrected chi connectivity index (χ0v) is 16.4. The molecule has 2 aliphatic rings. The van der Waals surface area contributed by atoms with Gasteiger partial charge in [0.05, 0.1) is 29.4 Å². The molecule has 1 saturated carbocycles. The molecule has 4 rings (SSSR count). The third-order valence-electron chi connectivity index (χ3n) is 5.98. The summed E-state index contributed by atoms with van der Waals surface area (Å²) in [5, 5.41) is 14.8. The van der Waals surface area contributed by atoms with Crippen molar-refractivity contribution in [3.63, 3.8) is 0 Å². The quantitative estimate of drug-likeness (QED) is 0.797. The maximum absolute atomic E-state index is 14.0. The van der Waals surface area contributed by atoms with Gasteiger partial charge in [0, 0.05) is 24.0 Å². The van der Waals surface area contributed by atoms with Crippen LogP contribution in [-0.4, -0.2) is 34.9 Å². The van der Waals surface area contributed by atoms with Crippen LogP contribution in [0.5, 0.6) is 0 Å². The van der Waals surface area contributed by atoms with Crippen LogP contribution in [-0.2, 0) is 10.3 Å². The number of nitrogens with zero attached hydrogens (tertiary/aromatic N) is 1. The van der Waals surface area contributed by atoms with Gasteiger partial charge in [0.2, 0.25) is 0 Å². The number of pyridine rings is 1. The van der Waals surface area contributed by atoms with Gasteiger partial charge in [-0.15, -0.1) is 0 Å². The molecule has 2 N–H and O–H groups in total. The Bertz CT molecular complexity index is 862. The number of rotatable bonds is 5. The van der Waals surface area contributed by atoms with E-state index in [2.05, 4.69) is 11.9 Å². The first-order chi connectivity index (χ1) is 12.8. The van der Waals surface area contributed by atoms with Crippen LogP contribution in [0.1, 0.15) is 43.9 Å². The third kappa shape index (κ3) is 3.48. The first kappa shape index (κ1) is 18.8. The fourth-order valence-corrected chi connectivity index (χ4v) is 4.36. The smallest absolute Gasteiger partial charge is 0.151 e. The van der Waals surface area contributed by atoms with E-state index in [1.807, 2.05) is 28.8 Å². The van der Waals surface area contributed by atoms with Crippen molar-refractivity contribution in [1.29, 1.82) is 0 Å². The van der Waals surface area contributed by atoms with Crippen molar-refractivity contribution in [2.24, 2.45) is 5.92 Å². The van der Waals surface area contributed by atoms with Gasteiger partial charge in [-0.05, 0) is 56.7 Å². The van der Waals surface area contributed by atoms with Crippen molar-refractivity contribution in [2.75, 3.05) is 19.8 Å². The molecule has 0 amide bonds. The first-order valence-corrected chi connectivity index (χ1v) is 9.89. The second-order valence-electron chi connectivity index (χ2n) is 8.26. The number of aromatic nitrogens is 1. The molecular formula is C21H26ClFN2O2. The number of hydrogen-bond donors (Lipinski definition) is 2. The largest absolute Gasteiger partial charge is 0.385 e. The molecule has 4 nitrogen and oxygen atoms in total. The maximum atomic E-state index is 14.0. The van der Waals surface area contributed by atoms with Gasteiger partial charge in [0.15, 0.2) is 5.60 Å². The monoisotopic (exact) mass is 392 g/mol. The van der Waals surface area contributed by atoms with E-state index >= 15 is 0 Å². The number of fused-ring (bicyclic) bond motifs is 1. The summed E-state index contributed by atoms with van der Waals surface area (Å²) >= 11 is 6.47. The molecule has 6 heteroatoms. The lowest BCUT2D eigenvalue weighted by atomic mass is 9.81. The molecule has 2 fully saturated rings. The molecular weight excluding hydrogens is 367 g/mol. The summed E-state index contributed by atoms with van der Waals surface area (Å²) in [6, 6.07) is 5.64. The number of hydrogen-bond acceptors (Lipinski definition) is 3. The van der Waals surface area contributed by atoms with Crippen LogP contribution in [0.2, 0.25) is 5.02 Å². The summed E-state index contributed by atoms with van der Waals surface area (Å²) in [7, 11) is 0. The van der Waals surface area contributed by atoms with Crippen LogP contribution in [0.25, 0.3) is 11.2 Å². The molecule has 0 spiro atoms. The van der Waals surface area contributed by atoms with E-state index in [4.69, 9.17) is 16.3 Å². The minimum absolute atomic E-state index is 0.273. The Morgan fingerprint density at radius 1 is 1.44 bits per heavy atom. The van der Waals surface area contributed by atoms with Crippen LogP contribution < -0.4 is 5.32 Å². The van der Waals surface area contributed by atoms with Crippen LogP contribution in [0.4, 0.5) is 4.39 Å². The summed E-state index contributed by atoms with van der Waals surface area (Å²) in [6.07, 6.45) is 4.89. The Morgan fingerprint density at radius 2 is 2.15 bits per heavy atom. The van der Waals surface area contributed by atoms with Crippen molar-refractivity contribution in [3.05, 3.63) is 47.3 Å². The maximum Gasteiger partial charge on any atom is 0.151 e. The fourth-order valence-electron chi connectivity index (χ4n) is 4.09. The minimum atomic E-state index is -1.02. The molecule has 2 aromatic heterocycles. The average molecular weight is 393 g/mol. The van der Waals surface area contributed by atoms with E-state index in [0.29, 0.717) is 23.8 Å². The number of ether oxygens (including phenoxy) is 1. The van der Waals surface area contributed by atoms with E-state index in [1.165, 1.54) is 0 Å². The van der Waals surface area contributed by atoms with Gasteiger partial charge in [0.1, 0.15) is 5.67 Å². The molecule has 1 aliphatic carbocycles. The molecule has 0 radical (unpaired) electrons. The summed E-state index contributed by atoms with van der Waals surface area (Å²) in [5.41, 5.74) is 1.21. The predicted octanol–water partition coefficient (Wildman–Crippen LogP) is 4.29. The molecule has 3 heterocycles. The van der Waals surface area contributed by atoms with Crippen molar-refractivity contribution >= 4 is 22.8 Å². The fraction of sp³-hybridized carbons (Fsp3) is 0.524. The zero-order chi connectivity index (χ0) is 19.2. The molecule has 0 bridgehead atoms. The Labute approximate surface area is 164 Å². The Balaban J connectivity index is 1.55. The van der Waals surface area contributed by atoms with Gasteiger partial charge < -0.3 is 19.6 Å². The second kappa shape index (κ2) is 6.80. The second-order valence-corrected chi connectivity index (χ2v) is 8.67. The van der Waals surface area contributed by atoms with Crippen molar-refractivity contribution in [2.45, 2.75) is 43.9 Å². The highest BCUT2D eigenvalue weighted by atomic mass is 35.5. The van der Waals surface area contributed by atoms with Gasteiger partial charge in [-0.1, -0.05) is 18.2 Å².